The van der Waals surface area contributed by atoms with Crippen molar-refractivity contribution < 1.29 is 0 Å². The summed E-state index contributed by atoms with van der Waals surface area (Å²) in [6.45, 7) is 0. The smallest absolute Gasteiger partial charge is 0.0665 e. The van der Waals surface area contributed by atoms with E-state index < -0.39 is 0 Å². The average molecular weight is 228 g/mol. The zero-order valence-electron chi connectivity index (χ0n) is 8.60. The van der Waals surface area contributed by atoms with Gasteiger partial charge in [0.15, 0.2) is 0 Å². The van der Waals surface area contributed by atoms with Crippen LogP contribution in [0.3, 0.4) is 0 Å². The molecular formula is C14H10ClN. The molecule has 0 bridgehead atoms. The van der Waals surface area contributed by atoms with Crippen LogP contribution in [-0.2, 0) is 0 Å². The SMILES string of the molecule is Clc1cn(-c2ccccc2)c2ccccc12. The maximum absolute atomic E-state index is 6.21. The second kappa shape index (κ2) is 3.69. The average Bonchev–Trinajstić information content (AvgIpc) is 2.69. The molecule has 0 unspecified atom stereocenters. The van der Waals surface area contributed by atoms with Gasteiger partial charge in [-0.05, 0) is 18.2 Å². The molecular weight excluding hydrogens is 218 g/mol. The van der Waals surface area contributed by atoms with Crippen LogP contribution < -0.4 is 0 Å². The van der Waals surface area contributed by atoms with Crippen LogP contribution in [0.4, 0.5) is 0 Å². The number of halogens is 1. The van der Waals surface area contributed by atoms with Gasteiger partial charge in [0.1, 0.15) is 0 Å². The van der Waals surface area contributed by atoms with E-state index in [1.54, 1.807) is 0 Å². The fourth-order valence-electron chi connectivity index (χ4n) is 1.94. The van der Waals surface area contributed by atoms with E-state index in [0.717, 1.165) is 21.6 Å². The number of benzene rings is 2. The van der Waals surface area contributed by atoms with Crippen molar-refractivity contribution in [2.45, 2.75) is 0 Å². The van der Waals surface area contributed by atoms with Gasteiger partial charge in [-0.15, -0.1) is 0 Å². The third kappa shape index (κ3) is 1.41. The molecule has 78 valence electrons. The Hall–Kier alpha value is -1.73. The summed E-state index contributed by atoms with van der Waals surface area (Å²) in [7, 11) is 0. The quantitative estimate of drug-likeness (QED) is 0.585. The second-order valence-electron chi connectivity index (χ2n) is 3.70. The molecule has 0 aliphatic carbocycles. The summed E-state index contributed by atoms with van der Waals surface area (Å²) in [4.78, 5) is 0. The lowest BCUT2D eigenvalue weighted by Gasteiger charge is -2.03. The number of hydrogen-bond acceptors (Lipinski definition) is 0. The lowest BCUT2D eigenvalue weighted by Crippen LogP contribution is -1.89. The Balaban J connectivity index is 2.33. The molecule has 0 saturated heterocycles. The topological polar surface area (TPSA) is 4.93 Å². The number of rotatable bonds is 1. The number of aromatic nitrogens is 1. The van der Waals surface area contributed by atoms with Crippen LogP contribution in [0.5, 0.6) is 0 Å². The third-order valence-electron chi connectivity index (χ3n) is 2.70. The van der Waals surface area contributed by atoms with Gasteiger partial charge in [0.05, 0.1) is 10.5 Å². The summed E-state index contributed by atoms with van der Waals surface area (Å²) in [5, 5.41) is 1.88. The van der Waals surface area contributed by atoms with E-state index in [4.69, 9.17) is 11.6 Å². The standard InChI is InChI=1S/C14H10ClN/c15-13-10-16(11-6-2-1-3-7-11)14-9-5-4-8-12(13)14/h1-10H. The Morgan fingerprint density at radius 2 is 1.50 bits per heavy atom. The van der Waals surface area contributed by atoms with Crippen LogP contribution in [0.25, 0.3) is 16.6 Å². The number of nitrogens with zero attached hydrogens (tertiary/aromatic N) is 1. The number of para-hydroxylation sites is 2. The van der Waals surface area contributed by atoms with Gasteiger partial charge in [-0.3, -0.25) is 0 Å². The van der Waals surface area contributed by atoms with Crippen LogP contribution in [0.15, 0.2) is 60.8 Å². The van der Waals surface area contributed by atoms with Gasteiger partial charge in [0.25, 0.3) is 0 Å². The first-order valence-corrected chi connectivity index (χ1v) is 5.55. The minimum Gasteiger partial charge on any atom is -0.315 e. The molecule has 0 aliphatic rings. The molecule has 0 amide bonds. The monoisotopic (exact) mass is 227 g/mol. The van der Waals surface area contributed by atoms with Crippen LogP contribution in [0.2, 0.25) is 5.02 Å². The maximum atomic E-state index is 6.21. The molecule has 0 radical (unpaired) electrons. The maximum Gasteiger partial charge on any atom is 0.0665 e. The predicted octanol–water partition coefficient (Wildman–Crippen LogP) is 4.28. The van der Waals surface area contributed by atoms with Crippen molar-refractivity contribution in [2.24, 2.45) is 0 Å². The number of hydrogen-bond donors (Lipinski definition) is 0. The summed E-state index contributed by atoms with van der Waals surface area (Å²) in [5.41, 5.74) is 2.27. The molecule has 1 nitrogen and oxygen atoms in total. The van der Waals surface area contributed by atoms with E-state index in [1.807, 2.05) is 42.6 Å². The van der Waals surface area contributed by atoms with Crippen molar-refractivity contribution in [3.05, 3.63) is 65.8 Å². The van der Waals surface area contributed by atoms with E-state index >= 15 is 0 Å². The van der Waals surface area contributed by atoms with E-state index in [9.17, 15) is 0 Å². The molecule has 2 heteroatoms. The first-order valence-electron chi connectivity index (χ1n) is 5.17. The Labute approximate surface area is 98.9 Å². The van der Waals surface area contributed by atoms with Gasteiger partial charge in [-0.1, -0.05) is 48.0 Å². The Morgan fingerprint density at radius 3 is 2.31 bits per heavy atom. The van der Waals surface area contributed by atoms with Crippen LogP contribution in [-0.4, -0.2) is 4.57 Å². The van der Waals surface area contributed by atoms with Crippen molar-refractivity contribution >= 4 is 22.5 Å². The van der Waals surface area contributed by atoms with Crippen LogP contribution >= 0.6 is 11.6 Å². The zero-order chi connectivity index (χ0) is 11.0. The van der Waals surface area contributed by atoms with E-state index in [0.29, 0.717) is 0 Å². The van der Waals surface area contributed by atoms with Crippen molar-refractivity contribution in [3.8, 4) is 5.69 Å². The lowest BCUT2D eigenvalue weighted by atomic mass is 10.2. The molecule has 1 heterocycles. The van der Waals surface area contributed by atoms with Gasteiger partial charge in [0.2, 0.25) is 0 Å². The molecule has 0 atom stereocenters. The highest BCUT2D eigenvalue weighted by Crippen LogP contribution is 2.27. The molecule has 3 rings (SSSR count). The first kappa shape index (κ1) is 9.49. The normalized spacial score (nSPS) is 10.8. The molecule has 3 aromatic rings. The molecule has 0 fully saturated rings. The molecule has 0 N–H and O–H groups in total. The molecule has 0 saturated carbocycles. The zero-order valence-corrected chi connectivity index (χ0v) is 9.35. The summed E-state index contributed by atoms with van der Waals surface area (Å²) >= 11 is 6.21. The molecule has 2 aromatic carbocycles. The fourth-order valence-corrected chi connectivity index (χ4v) is 2.20. The highest BCUT2D eigenvalue weighted by Gasteiger charge is 2.06. The third-order valence-corrected chi connectivity index (χ3v) is 3.00. The van der Waals surface area contributed by atoms with Crippen molar-refractivity contribution in [1.29, 1.82) is 0 Å². The van der Waals surface area contributed by atoms with Gasteiger partial charge >= 0.3 is 0 Å². The Kier molecular flexibility index (Phi) is 2.19. The van der Waals surface area contributed by atoms with Gasteiger partial charge < -0.3 is 4.57 Å². The molecule has 0 aliphatic heterocycles. The molecule has 0 spiro atoms. The van der Waals surface area contributed by atoms with Crippen LogP contribution in [0.1, 0.15) is 0 Å². The van der Waals surface area contributed by atoms with Crippen LogP contribution in [0, 0.1) is 0 Å². The number of fused-ring (bicyclic) bond motifs is 1. The Morgan fingerprint density at radius 1 is 0.812 bits per heavy atom. The van der Waals surface area contributed by atoms with Gasteiger partial charge in [0, 0.05) is 17.3 Å². The van der Waals surface area contributed by atoms with Crippen molar-refractivity contribution in [3.63, 3.8) is 0 Å². The van der Waals surface area contributed by atoms with Gasteiger partial charge in [-0.2, -0.15) is 0 Å². The summed E-state index contributed by atoms with van der Waals surface area (Å²) in [5.74, 6) is 0. The highest BCUT2D eigenvalue weighted by molar-refractivity contribution is 6.35. The highest BCUT2D eigenvalue weighted by atomic mass is 35.5. The predicted molar refractivity (Wildman–Crippen MR) is 68.3 cm³/mol. The van der Waals surface area contributed by atoms with Gasteiger partial charge in [-0.25, -0.2) is 0 Å². The van der Waals surface area contributed by atoms with E-state index in [2.05, 4.69) is 22.8 Å². The van der Waals surface area contributed by atoms with E-state index in [-0.39, 0.29) is 0 Å². The molecule has 16 heavy (non-hydrogen) atoms. The summed E-state index contributed by atoms with van der Waals surface area (Å²) < 4.78 is 2.11. The molecule has 1 aromatic heterocycles. The largest absolute Gasteiger partial charge is 0.315 e. The summed E-state index contributed by atoms with van der Waals surface area (Å²) in [6, 6.07) is 18.4. The second-order valence-corrected chi connectivity index (χ2v) is 4.11. The van der Waals surface area contributed by atoms with Crippen molar-refractivity contribution in [2.75, 3.05) is 0 Å². The van der Waals surface area contributed by atoms with Crippen molar-refractivity contribution in [1.82, 2.24) is 4.57 Å². The first-order chi connectivity index (χ1) is 7.86. The van der Waals surface area contributed by atoms with E-state index in [1.165, 1.54) is 0 Å². The Bertz CT molecular complexity index is 626. The minimum absolute atomic E-state index is 0.791. The minimum atomic E-state index is 0.791. The fraction of sp³-hybridized carbons (Fsp3) is 0. The lowest BCUT2D eigenvalue weighted by molar-refractivity contribution is 1.13. The summed E-state index contributed by atoms with van der Waals surface area (Å²) in [6.07, 6.45) is 1.96.